The van der Waals surface area contributed by atoms with Gasteiger partial charge in [0.05, 0.1) is 18.4 Å². The minimum Gasteiger partial charge on any atom is -0.495 e. The number of rotatable bonds is 8. The Morgan fingerprint density at radius 3 is 2.38 bits per heavy atom. The molecule has 1 aromatic heterocycles. The molecule has 40 heavy (non-hydrogen) atoms. The second-order valence-corrected chi connectivity index (χ2v) is 10.3. The third kappa shape index (κ3) is 6.43. The van der Waals surface area contributed by atoms with E-state index in [9.17, 15) is 9.59 Å². The molecule has 204 valence electrons. The lowest BCUT2D eigenvalue weighted by Gasteiger charge is -2.38. The molecule has 1 fully saturated rings. The number of ether oxygens (including phenoxy) is 1. The van der Waals surface area contributed by atoms with Crippen LogP contribution in [-0.2, 0) is 6.54 Å². The molecule has 0 aliphatic carbocycles. The number of methoxy groups -OCH3 is 1. The number of pyridine rings is 1. The predicted octanol–water partition coefficient (Wildman–Crippen LogP) is 5.36. The molecule has 1 saturated heterocycles. The molecule has 3 aromatic carbocycles. The first-order valence-corrected chi connectivity index (χ1v) is 13.8. The van der Waals surface area contributed by atoms with Gasteiger partial charge in [0.25, 0.3) is 11.8 Å². The number of piperazine rings is 1. The molecule has 0 atom stereocenters. The molecular weight excluding hydrogens is 570 g/mol. The number of halogens is 1. The SMILES string of the molecule is COc1ccccc1N1CCN(c2ccc(NC(=O)c3cccc(Br)c3)cc2C(=O)NCc2cccnc2)CC1. The van der Waals surface area contributed by atoms with Crippen LogP contribution in [0.15, 0.2) is 95.7 Å². The Labute approximate surface area is 242 Å². The topological polar surface area (TPSA) is 86.8 Å². The zero-order valence-corrected chi connectivity index (χ0v) is 23.7. The number of anilines is 3. The fourth-order valence-electron chi connectivity index (χ4n) is 4.76. The first-order valence-electron chi connectivity index (χ1n) is 13.0. The van der Waals surface area contributed by atoms with Crippen LogP contribution in [0.5, 0.6) is 5.75 Å². The van der Waals surface area contributed by atoms with Gasteiger partial charge in [-0.15, -0.1) is 0 Å². The van der Waals surface area contributed by atoms with Crippen LogP contribution in [0.3, 0.4) is 0 Å². The van der Waals surface area contributed by atoms with Gasteiger partial charge in [0.15, 0.2) is 0 Å². The monoisotopic (exact) mass is 599 g/mol. The number of benzene rings is 3. The summed E-state index contributed by atoms with van der Waals surface area (Å²) >= 11 is 3.41. The molecule has 0 unspecified atom stereocenters. The van der Waals surface area contributed by atoms with Gasteiger partial charge < -0.3 is 25.2 Å². The molecule has 2 heterocycles. The van der Waals surface area contributed by atoms with Gasteiger partial charge in [-0.2, -0.15) is 0 Å². The summed E-state index contributed by atoms with van der Waals surface area (Å²) < 4.78 is 6.38. The standard InChI is InChI=1S/C31H30BrN5O3/c1-40-29-10-3-2-9-28(29)37-16-14-36(15-17-37)27-12-11-25(35-30(38)23-7-4-8-24(32)18-23)19-26(27)31(39)34-21-22-6-5-13-33-20-22/h2-13,18-20H,14-17,21H2,1H3,(H,34,39)(H,35,38). The highest BCUT2D eigenvalue weighted by Gasteiger charge is 2.24. The minimum absolute atomic E-state index is 0.218. The molecule has 0 saturated carbocycles. The van der Waals surface area contributed by atoms with Crippen molar-refractivity contribution in [1.82, 2.24) is 10.3 Å². The highest BCUT2D eigenvalue weighted by atomic mass is 79.9. The molecule has 1 aliphatic heterocycles. The first kappa shape index (κ1) is 27.2. The molecule has 0 bridgehead atoms. The van der Waals surface area contributed by atoms with E-state index in [0.717, 1.165) is 53.3 Å². The van der Waals surface area contributed by atoms with E-state index in [2.05, 4.69) is 47.4 Å². The number of aromatic nitrogens is 1. The van der Waals surface area contributed by atoms with Crippen LogP contribution in [0, 0.1) is 0 Å². The Hall–Kier alpha value is -4.37. The summed E-state index contributed by atoms with van der Waals surface area (Å²) in [4.78, 5) is 35.0. The van der Waals surface area contributed by atoms with Crippen LogP contribution in [0.25, 0.3) is 0 Å². The van der Waals surface area contributed by atoms with Crippen LogP contribution in [0.1, 0.15) is 26.3 Å². The summed E-state index contributed by atoms with van der Waals surface area (Å²) in [5.74, 6) is 0.378. The zero-order valence-electron chi connectivity index (χ0n) is 22.1. The fourth-order valence-corrected chi connectivity index (χ4v) is 5.16. The van der Waals surface area contributed by atoms with Gasteiger partial charge in [-0.25, -0.2) is 0 Å². The second kappa shape index (κ2) is 12.7. The first-order chi connectivity index (χ1) is 19.5. The number of hydrogen-bond donors (Lipinski definition) is 2. The van der Waals surface area contributed by atoms with Gasteiger partial charge in [0, 0.05) is 66.5 Å². The van der Waals surface area contributed by atoms with E-state index in [-0.39, 0.29) is 11.8 Å². The third-order valence-corrected chi connectivity index (χ3v) is 7.30. The summed E-state index contributed by atoms with van der Waals surface area (Å²) in [5.41, 5.74) is 4.36. The molecule has 2 amide bonds. The van der Waals surface area contributed by atoms with Crippen LogP contribution < -0.4 is 25.2 Å². The average molecular weight is 601 g/mol. The van der Waals surface area contributed by atoms with Crippen molar-refractivity contribution in [3.8, 4) is 5.75 Å². The van der Waals surface area contributed by atoms with Crippen molar-refractivity contribution >= 4 is 44.8 Å². The van der Waals surface area contributed by atoms with Crippen molar-refractivity contribution in [3.63, 3.8) is 0 Å². The summed E-state index contributed by atoms with van der Waals surface area (Å²) in [6, 6.07) is 24.4. The third-order valence-electron chi connectivity index (χ3n) is 6.81. The van der Waals surface area contributed by atoms with Crippen LogP contribution in [-0.4, -0.2) is 50.1 Å². The van der Waals surface area contributed by atoms with E-state index in [1.807, 2.05) is 54.6 Å². The number of amides is 2. The van der Waals surface area contributed by atoms with Crippen molar-refractivity contribution in [2.45, 2.75) is 6.54 Å². The van der Waals surface area contributed by atoms with Crippen LogP contribution >= 0.6 is 15.9 Å². The maximum absolute atomic E-state index is 13.5. The van der Waals surface area contributed by atoms with E-state index in [1.54, 1.807) is 37.7 Å². The van der Waals surface area contributed by atoms with Crippen molar-refractivity contribution in [2.24, 2.45) is 0 Å². The number of para-hydroxylation sites is 2. The van der Waals surface area contributed by atoms with Gasteiger partial charge in [-0.05, 0) is 60.2 Å². The van der Waals surface area contributed by atoms with E-state index in [4.69, 9.17) is 4.74 Å². The van der Waals surface area contributed by atoms with Gasteiger partial charge >= 0.3 is 0 Å². The van der Waals surface area contributed by atoms with E-state index in [0.29, 0.717) is 23.4 Å². The van der Waals surface area contributed by atoms with Crippen molar-refractivity contribution in [2.75, 3.05) is 48.4 Å². The predicted molar refractivity (Wildman–Crippen MR) is 161 cm³/mol. The number of nitrogens with zero attached hydrogens (tertiary/aromatic N) is 3. The molecule has 8 nitrogen and oxygen atoms in total. The molecule has 0 radical (unpaired) electrons. The van der Waals surface area contributed by atoms with Crippen LogP contribution in [0.4, 0.5) is 17.1 Å². The Kier molecular flexibility index (Phi) is 8.61. The Balaban J connectivity index is 1.37. The summed E-state index contributed by atoms with van der Waals surface area (Å²) in [6.07, 6.45) is 3.43. The van der Waals surface area contributed by atoms with Crippen molar-refractivity contribution < 1.29 is 14.3 Å². The Bertz CT molecular complexity index is 1490. The molecule has 9 heteroatoms. The van der Waals surface area contributed by atoms with Gasteiger partial charge in [-0.1, -0.05) is 40.2 Å². The molecule has 4 aromatic rings. The van der Waals surface area contributed by atoms with Gasteiger partial charge in [0.2, 0.25) is 0 Å². The Morgan fingerprint density at radius 1 is 0.875 bits per heavy atom. The highest BCUT2D eigenvalue weighted by Crippen LogP contribution is 2.31. The average Bonchev–Trinajstić information content (AvgIpc) is 3.00. The van der Waals surface area contributed by atoms with Crippen LogP contribution in [0.2, 0.25) is 0 Å². The fraction of sp³-hybridized carbons (Fsp3) is 0.194. The van der Waals surface area contributed by atoms with E-state index < -0.39 is 0 Å². The number of hydrogen-bond acceptors (Lipinski definition) is 6. The zero-order chi connectivity index (χ0) is 27.9. The largest absolute Gasteiger partial charge is 0.495 e. The summed E-state index contributed by atoms with van der Waals surface area (Å²) in [6.45, 7) is 3.36. The quantitative estimate of drug-likeness (QED) is 0.283. The van der Waals surface area contributed by atoms with Gasteiger partial charge in [0.1, 0.15) is 5.75 Å². The molecule has 2 N–H and O–H groups in total. The maximum atomic E-state index is 13.5. The lowest BCUT2D eigenvalue weighted by atomic mass is 10.1. The molecule has 1 aliphatic rings. The molecular formula is C31H30BrN5O3. The molecule has 0 spiro atoms. The van der Waals surface area contributed by atoms with E-state index in [1.165, 1.54) is 0 Å². The smallest absolute Gasteiger partial charge is 0.255 e. The number of nitrogens with one attached hydrogen (secondary N) is 2. The number of carbonyl (C=O) groups excluding carboxylic acids is 2. The van der Waals surface area contributed by atoms with Crippen molar-refractivity contribution in [3.05, 3.63) is 112 Å². The van der Waals surface area contributed by atoms with Crippen molar-refractivity contribution in [1.29, 1.82) is 0 Å². The molecule has 5 rings (SSSR count). The highest BCUT2D eigenvalue weighted by molar-refractivity contribution is 9.10. The summed E-state index contributed by atoms with van der Waals surface area (Å²) in [5, 5.41) is 5.95. The van der Waals surface area contributed by atoms with Gasteiger partial charge in [-0.3, -0.25) is 14.6 Å². The summed E-state index contributed by atoms with van der Waals surface area (Å²) in [7, 11) is 1.68. The Morgan fingerprint density at radius 2 is 1.65 bits per heavy atom. The number of carbonyl (C=O) groups is 2. The normalized spacial score (nSPS) is 13.1. The lowest BCUT2D eigenvalue weighted by Crippen LogP contribution is -2.47. The minimum atomic E-state index is -0.249. The maximum Gasteiger partial charge on any atom is 0.255 e. The second-order valence-electron chi connectivity index (χ2n) is 9.39. The van der Waals surface area contributed by atoms with E-state index >= 15 is 0 Å². The lowest BCUT2D eigenvalue weighted by molar-refractivity contribution is 0.0950.